The molecule has 1 aromatic rings. The highest BCUT2D eigenvalue weighted by molar-refractivity contribution is 8.01. The van der Waals surface area contributed by atoms with Crippen LogP contribution in [-0.2, 0) is 0 Å². The van der Waals surface area contributed by atoms with Crippen LogP contribution in [0, 0.1) is 0 Å². The molecule has 0 amide bonds. The van der Waals surface area contributed by atoms with E-state index in [1.54, 1.807) is 0 Å². The van der Waals surface area contributed by atoms with Gasteiger partial charge >= 0.3 is 0 Å². The number of hydrogen-bond acceptors (Lipinski definition) is 1. The Labute approximate surface area is 53.0 Å². The molecule has 0 fully saturated rings. The van der Waals surface area contributed by atoms with Gasteiger partial charge in [0, 0.05) is 0 Å². The molecule has 1 N–H and O–H groups in total. The summed E-state index contributed by atoms with van der Waals surface area (Å²) in [6.45, 7) is 0. The molecule has 0 atom stereocenters. The fourth-order valence-electron chi connectivity index (χ4n) is 0.489. The van der Waals surface area contributed by atoms with Gasteiger partial charge in [0.05, 0.1) is 0 Å². The maximum absolute atomic E-state index is 6.86. The summed E-state index contributed by atoms with van der Waals surface area (Å²) >= 11 is 1.02. The largest absolute Gasteiger partial charge is 0.617 e. The first-order valence-corrected chi connectivity index (χ1v) is 3.14. The predicted octanol–water partition coefficient (Wildman–Crippen LogP) is 2.75. The quantitative estimate of drug-likeness (QED) is 0.528. The minimum atomic E-state index is 0.993. The van der Waals surface area contributed by atoms with E-state index < -0.39 is 0 Å². The number of rotatable bonds is 1. The molecule has 0 aliphatic heterocycles. The molecular formula is C6H6NS-. The Bertz CT molecular complexity index is 150. The molecule has 0 saturated carbocycles. The third-order valence-corrected chi connectivity index (χ3v) is 1.37. The zero-order chi connectivity index (χ0) is 5.82. The molecule has 0 radical (unpaired) electrons. The van der Waals surface area contributed by atoms with Crippen molar-refractivity contribution in [2.45, 2.75) is 4.90 Å². The lowest BCUT2D eigenvalue weighted by atomic mass is 10.4. The average molecular weight is 124 g/mol. The Morgan fingerprint density at radius 1 is 1.12 bits per heavy atom. The Morgan fingerprint density at radius 2 is 1.75 bits per heavy atom. The van der Waals surface area contributed by atoms with Gasteiger partial charge in [0.1, 0.15) is 0 Å². The van der Waals surface area contributed by atoms with Crippen LogP contribution in [-0.4, -0.2) is 0 Å². The first-order valence-electron chi connectivity index (χ1n) is 2.32. The van der Waals surface area contributed by atoms with Crippen LogP contribution in [0.15, 0.2) is 35.2 Å². The number of hydrogen-bond donors (Lipinski definition) is 0. The number of benzene rings is 1. The van der Waals surface area contributed by atoms with Crippen LogP contribution in [0.5, 0.6) is 0 Å². The van der Waals surface area contributed by atoms with Crippen molar-refractivity contribution in [3.63, 3.8) is 0 Å². The van der Waals surface area contributed by atoms with E-state index >= 15 is 0 Å². The Balaban J connectivity index is 2.83. The van der Waals surface area contributed by atoms with Gasteiger partial charge in [-0.05, 0) is 4.90 Å². The summed E-state index contributed by atoms with van der Waals surface area (Å²) in [6, 6.07) is 9.63. The Hall–Kier alpha value is -0.470. The second-order valence-corrected chi connectivity index (χ2v) is 2.09. The molecule has 0 saturated heterocycles. The van der Waals surface area contributed by atoms with Crippen LogP contribution in [0.1, 0.15) is 0 Å². The van der Waals surface area contributed by atoms with Crippen LogP contribution < -0.4 is 0 Å². The highest BCUT2D eigenvalue weighted by atomic mass is 32.2. The zero-order valence-electron chi connectivity index (χ0n) is 4.29. The van der Waals surface area contributed by atoms with Crippen molar-refractivity contribution in [1.82, 2.24) is 0 Å². The summed E-state index contributed by atoms with van der Waals surface area (Å²) in [4.78, 5) is 0.993. The van der Waals surface area contributed by atoms with E-state index in [4.69, 9.17) is 5.14 Å². The molecule has 0 spiro atoms. The van der Waals surface area contributed by atoms with Gasteiger partial charge in [0.15, 0.2) is 0 Å². The normalized spacial score (nSPS) is 9.12. The summed E-state index contributed by atoms with van der Waals surface area (Å²) in [7, 11) is 0. The minimum absolute atomic E-state index is 0.993. The topological polar surface area (TPSA) is 23.8 Å². The molecule has 0 aliphatic rings. The zero-order valence-corrected chi connectivity index (χ0v) is 5.11. The smallest absolute Gasteiger partial charge is 0.0132 e. The fourth-order valence-corrected chi connectivity index (χ4v) is 0.782. The molecule has 0 heterocycles. The highest BCUT2D eigenvalue weighted by Gasteiger charge is 1.75. The minimum Gasteiger partial charge on any atom is -0.617 e. The average Bonchev–Trinajstić information content (AvgIpc) is 1.90. The monoisotopic (exact) mass is 124 g/mol. The summed E-state index contributed by atoms with van der Waals surface area (Å²) in [5.74, 6) is 0. The van der Waals surface area contributed by atoms with E-state index in [2.05, 4.69) is 0 Å². The van der Waals surface area contributed by atoms with E-state index in [1.807, 2.05) is 30.3 Å². The van der Waals surface area contributed by atoms with Crippen LogP contribution in [0.25, 0.3) is 5.14 Å². The molecule has 0 aromatic heterocycles. The van der Waals surface area contributed by atoms with Crippen molar-refractivity contribution in [1.29, 1.82) is 0 Å². The van der Waals surface area contributed by atoms with E-state index in [0.29, 0.717) is 0 Å². The van der Waals surface area contributed by atoms with Crippen molar-refractivity contribution >= 4 is 11.9 Å². The van der Waals surface area contributed by atoms with Gasteiger partial charge in [-0.25, -0.2) is 0 Å². The van der Waals surface area contributed by atoms with Crippen LogP contribution in [0.4, 0.5) is 0 Å². The van der Waals surface area contributed by atoms with Gasteiger partial charge in [-0.3, -0.25) is 11.9 Å². The maximum atomic E-state index is 6.86. The van der Waals surface area contributed by atoms with Gasteiger partial charge in [0.25, 0.3) is 0 Å². The lowest BCUT2D eigenvalue weighted by Gasteiger charge is -1.98. The molecule has 1 aromatic carbocycles. The standard InChI is InChI=1S/C6H6NS/c7-8-6-4-2-1-3-5-6/h1-5,7H/q-1. The van der Waals surface area contributed by atoms with E-state index in [9.17, 15) is 0 Å². The molecule has 0 bridgehead atoms. The van der Waals surface area contributed by atoms with E-state index in [0.717, 1.165) is 16.8 Å². The van der Waals surface area contributed by atoms with Crippen LogP contribution in [0.3, 0.4) is 0 Å². The summed E-state index contributed by atoms with van der Waals surface area (Å²) in [6.07, 6.45) is 0. The first kappa shape index (κ1) is 5.66. The van der Waals surface area contributed by atoms with Gasteiger partial charge in [-0.15, -0.1) is 0 Å². The van der Waals surface area contributed by atoms with Crippen molar-refractivity contribution in [3.8, 4) is 0 Å². The van der Waals surface area contributed by atoms with Crippen molar-refractivity contribution in [3.05, 3.63) is 35.5 Å². The molecule has 8 heavy (non-hydrogen) atoms. The van der Waals surface area contributed by atoms with Crippen molar-refractivity contribution in [2.24, 2.45) is 0 Å². The van der Waals surface area contributed by atoms with Gasteiger partial charge in [0.2, 0.25) is 0 Å². The summed E-state index contributed by atoms with van der Waals surface area (Å²) in [5.41, 5.74) is 0. The molecule has 42 valence electrons. The van der Waals surface area contributed by atoms with Crippen molar-refractivity contribution < 1.29 is 0 Å². The van der Waals surface area contributed by atoms with Crippen LogP contribution >= 0.6 is 11.9 Å². The van der Waals surface area contributed by atoms with E-state index in [-0.39, 0.29) is 0 Å². The van der Waals surface area contributed by atoms with Gasteiger partial charge < -0.3 is 5.14 Å². The lowest BCUT2D eigenvalue weighted by molar-refractivity contribution is 1.47. The lowest BCUT2D eigenvalue weighted by Crippen LogP contribution is -1.60. The molecule has 2 heteroatoms. The SMILES string of the molecule is [NH-]Sc1ccccc1. The van der Waals surface area contributed by atoms with Gasteiger partial charge in [-0.1, -0.05) is 30.3 Å². The molecule has 0 aliphatic carbocycles. The number of nitrogens with one attached hydrogen (secondary N) is 1. The third kappa shape index (κ3) is 1.25. The maximum Gasteiger partial charge on any atom is -0.0132 e. The second kappa shape index (κ2) is 2.74. The highest BCUT2D eigenvalue weighted by Crippen LogP contribution is 2.15. The summed E-state index contributed by atoms with van der Waals surface area (Å²) in [5, 5.41) is 6.86. The van der Waals surface area contributed by atoms with Gasteiger partial charge in [-0.2, -0.15) is 0 Å². The molecule has 1 nitrogen and oxygen atoms in total. The molecular weight excluding hydrogens is 118 g/mol. The molecule has 0 unspecified atom stereocenters. The predicted molar refractivity (Wildman–Crippen MR) is 36.6 cm³/mol. The second-order valence-electron chi connectivity index (χ2n) is 1.42. The van der Waals surface area contributed by atoms with Crippen LogP contribution in [0.2, 0.25) is 0 Å². The van der Waals surface area contributed by atoms with E-state index in [1.165, 1.54) is 0 Å². The molecule has 1 rings (SSSR count). The third-order valence-electron chi connectivity index (χ3n) is 0.861. The fraction of sp³-hybridized carbons (Fsp3) is 0. The van der Waals surface area contributed by atoms with Crippen molar-refractivity contribution in [2.75, 3.05) is 0 Å². The Kier molecular flexibility index (Phi) is 1.94. The Morgan fingerprint density at radius 3 is 2.12 bits per heavy atom. The first-order chi connectivity index (χ1) is 3.93. The summed E-state index contributed by atoms with van der Waals surface area (Å²) < 4.78 is 0.